The Labute approximate surface area is 110 Å². The van der Waals surface area contributed by atoms with Crippen LogP contribution in [0.25, 0.3) is 0 Å². The lowest BCUT2D eigenvalue weighted by atomic mass is 10.0. The molecule has 2 atom stereocenters. The van der Waals surface area contributed by atoms with Crippen molar-refractivity contribution < 1.29 is 0 Å². The SMILES string of the molecule is CCC1CCC(c2ncc(CNC(C)C)cn2)C1. The van der Waals surface area contributed by atoms with Gasteiger partial charge in [0.15, 0.2) is 0 Å². The van der Waals surface area contributed by atoms with Crippen molar-refractivity contribution >= 4 is 0 Å². The molecule has 0 spiro atoms. The lowest BCUT2D eigenvalue weighted by Gasteiger charge is -2.10. The fourth-order valence-corrected chi connectivity index (χ4v) is 2.67. The van der Waals surface area contributed by atoms with E-state index in [2.05, 4.69) is 36.1 Å². The van der Waals surface area contributed by atoms with Crippen molar-refractivity contribution in [2.24, 2.45) is 5.92 Å². The second-order valence-corrected chi connectivity index (χ2v) is 5.77. The molecule has 0 radical (unpaired) electrons. The summed E-state index contributed by atoms with van der Waals surface area (Å²) in [6, 6.07) is 0.504. The van der Waals surface area contributed by atoms with E-state index in [0.717, 1.165) is 18.3 Å². The molecule has 1 saturated carbocycles. The minimum Gasteiger partial charge on any atom is -0.310 e. The van der Waals surface area contributed by atoms with Crippen LogP contribution in [0.5, 0.6) is 0 Å². The molecule has 100 valence electrons. The first kappa shape index (κ1) is 13.5. The highest BCUT2D eigenvalue weighted by Crippen LogP contribution is 2.37. The molecule has 3 nitrogen and oxygen atoms in total. The Morgan fingerprint density at radius 2 is 2.00 bits per heavy atom. The first-order valence-corrected chi connectivity index (χ1v) is 7.23. The molecule has 1 aliphatic rings. The van der Waals surface area contributed by atoms with Crippen LogP contribution in [0.3, 0.4) is 0 Å². The molecule has 0 bridgehead atoms. The summed E-state index contributed by atoms with van der Waals surface area (Å²) in [5.74, 6) is 2.54. The maximum atomic E-state index is 4.56. The van der Waals surface area contributed by atoms with Crippen LogP contribution in [-0.2, 0) is 6.54 Å². The summed E-state index contributed by atoms with van der Waals surface area (Å²) < 4.78 is 0. The first-order chi connectivity index (χ1) is 8.69. The van der Waals surface area contributed by atoms with E-state index in [1.807, 2.05) is 12.4 Å². The van der Waals surface area contributed by atoms with E-state index in [1.54, 1.807) is 0 Å². The van der Waals surface area contributed by atoms with Crippen molar-refractivity contribution in [3.05, 3.63) is 23.8 Å². The maximum Gasteiger partial charge on any atom is 0.131 e. The fourth-order valence-electron chi connectivity index (χ4n) is 2.67. The number of nitrogens with one attached hydrogen (secondary N) is 1. The Morgan fingerprint density at radius 1 is 1.28 bits per heavy atom. The van der Waals surface area contributed by atoms with Gasteiger partial charge in [-0.3, -0.25) is 0 Å². The molecule has 1 fully saturated rings. The summed E-state index contributed by atoms with van der Waals surface area (Å²) in [6.45, 7) is 7.45. The van der Waals surface area contributed by atoms with Gasteiger partial charge in [0.25, 0.3) is 0 Å². The van der Waals surface area contributed by atoms with Gasteiger partial charge in [0.05, 0.1) is 0 Å². The standard InChI is InChI=1S/C15H25N3/c1-4-12-5-6-14(7-12)15-17-9-13(10-18-15)8-16-11(2)3/h9-12,14,16H,4-8H2,1-3H3. The third-order valence-electron chi connectivity index (χ3n) is 3.92. The molecule has 1 aliphatic carbocycles. The van der Waals surface area contributed by atoms with Crippen LogP contribution in [0.4, 0.5) is 0 Å². The van der Waals surface area contributed by atoms with Gasteiger partial charge in [-0.1, -0.05) is 27.2 Å². The molecule has 1 heterocycles. The van der Waals surface area contributed by atoms with Gasteiger partial charge in [-0.05, 0) is 25.2 Å². The lowest BCUT2D eigenvalue weighted by molar-refractivity contribution is 0.516. The van der Waals surface area contributed by atoms with Crippen molar-refractivity contribution in [2.75, 3.05) is 0 Å². The third-order valence-corrected chi connectivity index (χ3v) is 3.92. The molecule has 1 aromatic rings. The maximum absolute atomic E-state index is 4.56. The summed E-state index contributed by atoms with van der Waals surface area (Å²) in [5, 5.41) is 3.39. The molecule has 0 amide bonds. The molecule has 0 aliphatic heterocycles. The quantitative estimate of drug-likeness (QED) is 0.867. The molecule has 1 aromatic heterocycles. The number of hydrogen-bond donors (Lipinski definition) is 1. The second kappa shape index (κ2) is 6.28. The molecule has 1 N–H and O–H groups in total. The smallest absolute Gasteiger partial charge is 0.131 e. The van der Waals surface area contributed by atoms with Gasteiger partial charge >= 0.3 is 0 Å². The van der Waals surface area contributed by atoms with Gasteiger partial charge in [-0.25, -0.2) is 9.97 Å². The van der Waals surface area contributed by atoms with E-state index in [9.17, 15) is 0 Å². The summed E-state index contributed by atoms with van der Waals surface area (Å²) >= 11 is 0. The van der Waals surface area contributed by atoms with E-state index in [1.165, 1.54) is 31.2 Å². The largest absolute Gasteiger partial charge is 0.310 e. The van der Waals surface area contributed by atoms with E-state index in [0.29, 0.717) is 12.0 Å². The van der Waals surface area contributed by atoms with Crippen LogP contribution >= 0.6 is 0 Å². The molecule has 2 rings (SSSR count). The molecular weight excluding hydrogens is 222 g/mol. The zero-order valence-corrected chi connectivity index (χ0v) is 11.8. The van der Waals surface area contributed by atoms with E-state index in [4.69, 9.17) is 0 Å². The number of hydrogen-bond acceptors (Lipinski definition) is 3. The number of aromatic nitrogens is 2. The first-order valence-electron chi connectivity index (χ1n) is 7.23. The topological polar surface area (TPSA) is 37.8 Å². The normalized spacial score (nSPS) is 23.8. The summed E-state index contributed by atoms with van der Waals surface area (Å²) in [5.41, 5.74) is 1.18. The van der Waals surface area contributed by atoms with Gasteiger partial charge in [0, 0.05) is 36.5 Å². The molecule has 3 heteroatoms. The molecule has 18 heavy (non-hydrogen) atoms. The van der Waals surface area contributed by atoms with Gasteiger partial charge < -0.3 is 5.32 Å². The van der Waals surface area contributed by atoms with E-state index < -0.39 is 0 Å². The minimum absolute atomic E-state index is 0.504. The Kier molecular flexibility index (Phi) is 4.70. The fraction of sp³-hybridized carbons (Fsp3) is 0.733. The Hall–Kier alpha value is -0.960. The predicted molar refractivity (Wildman–Crippen MR) is 74.4 cm³/mol. The van der Waals surface area contributed by atoms with Crippen LogP contribution in [-0.4, -0.2) is 16.0 Å². The van der Waals surface area contributed by atoms with Crippen LogP contribution in [0.15, 0.2) is 12.4 Å². The monoisotopic (exact) mass is 247 g/mol. The van der Waals surface area contributed by atoms with Crippen molar-refractivity contribution in [3.63, 3.8) is 0 Å². The summed E-state index contributed by atoms with van der Waals surface area (Å²) in [7, 11) is 0. The highest BCUT2D eigenvalue weighted by molar-refractivity contribution is 5.08. The van der Waals surface area contributed by atoms with Crippen molar-refractivity contribution in [3.8, 4) is 0 Å². The highest BCUT2D eigenvalue weighted by atomic mass is 14.9. The average molecular weight is 247 g/mol. The molecule has 0 saturated heterocycles. The minimum atomic E-state index is 0.504. The van der Waals surface area contributed by atoms with Crippen LogP contribution in [0, 0.1) is 5.92 Å². The number of rotatable bonds is 5. The number of nitrogens with zero attached hydrogens (tertiary/aromatic N) is 2. The van der Waals surface area contributed by atoms with E-state index in [-0.39, 0.29) is 0 Å². The molecule has 2 unspecified atom stereocenters. The van der Waals surface area contributed by atoms with Crippen molar-refractivity contribution in [1.29, 1.82) is 0 Å². The van der Waals surface area contributed by atoms with Gasteiger partial charge in [-0.2, -0.15) is 0 Å². The Balaban J connectivity index is 1.91. The summed E-state index contributed by atoms with van der Waals surface area (Å²) in [6.07, 6.45) is 9.16. The summed E-state index contributed by atoms with van der Waals surface area (Å²) in [4.78, 5) is 9.11. The van der Waals surface area contributed by atoms with Crippen LogP contribution < -0.4 is 5.32 Å². The van der Waals surface area contributed by atoms with Gasteiger partial charge in [0.2, 0.25) is 0 Å². The van der Waals surface area contributed by atoms with Gasteiger partial charge in [0.1, 0.15) is 5.82 Å². The van der Waals surface area contributed by atoms with Gasteiger partial charge in [-0.15, -0.1) is 0 Å². The van der Waals surface area contributed by atoms with Crippen LogP contribution in [0.2, 0.25) is 0 Å². The zero-order valence-electron chi connectivity index (χ0n) is 11.8. The second-order valence-electron chi connectivity index (χ2n) is 5.77. The Bertz CT molecular complexity index is 359. The average Bonchev–Trinajstić information content (AvgIpc) is 2.85. The highest BCUT2D eigenvalue weighted by Gasteiger charge is 2.26. The van der Waals surface area contributed by atoms with E-state index >= 15 is 0 Å². The molecule has 0 aromatic carbocycles. The van der Waals surface area contributed by atoms with Crippen LogP contribution in [0.1, 0.15) is 63.8 Å². The van der Waals surface area contributed by atoms with Crippen molar-refractivity contribution in [2.45, 2.75) is 65.0 Å². The third kappa shape index (κ3) is 3.52. The predicted octanol–water partition coefficient (Wildman–Crippen LogP) is 3.27. The lowest BCUT2D eigenvalue weighted by Crippen LogP contribution is -2.22. The zero-order chi connectivity index (χ0) is 13.0. The molecular formula is C15H25N3. The Morgan fingerprint density at radius 3 is 2.56 bits per heavy atom. The van der Waals surface area contributed by atoms with Crippen molar-refractivity contribution in [1.82, 2.24) is 15.3 Å².